The van der Waals surface area contributed by atoms with Crippen molar-refractivity contribution < 1.29 is 0 Å². The fraction of sp³-hybridized carbons (Fsp3) is 0.500. The molecular formula is C12H17ClN2. The Morgan fingerprint density at radius 3 is 2.47 bits per heavy atom. The smallest absolute Gasteiger partial charge is 0.0406 e. The molecule has 0 aliphatic heterocycles. The molecule has 0 spiro atoms. The average molecular weight is 225 g/mol. The molecule has 1 fully saturated rings. The lowest BCUT2D eigenvalue weighted by Crippen LogP contribution is -2.30. The first-order valence-electron chi connectivity index (χ1n) is 5.48. The topological polar surface area (TPSA) is 29.3 Å². The van der Waals surface area contributed by atoms with Crippen LogP contribution in [-0.2, 0) is 6.54 Å². The summed E-state index contributed by atoms with van der Waals surface area (Å²) in [6.07, 6.45) is 2.65. The second kappa shape index (κ2) is 4.97. The SMILES string of the molecule is NCCN(Cc1ccc(Cl)cc1)C1CC1. The largest absolute Gasteiger partial charge is 0.329 e. The van der Waals surface area contributed by atoms with E-state index in [0.29, 0.717) is 0 Å². The zero-order valence-electron chi connectivity index (χ0n) is 8.82. The van der Waals surface area contributed by atoms with Gasteiger partial charge in [-0.25, -0.2) is 0 Å². The standard InChI is InChI=1S/C12H17ClN2/c13-11-3-1-10(2-4-11)9-15(8-7-14)12-5-6-12/h1-4,12H,5-9,14H2. The Bertz CT molecular complexity index is 306. The van der Waals surface area contributed by atoms with Crippen LogP contribution in [0.25, 0.3) is 0 Å². The van der Waals surface area contributed by atoms with E-state index >= 15 is 0 Å². The van der Waals surface area contributed by atoms with Crippen molar-refractivity contribution in [3.8, 4) is 0 Å². The molecule has 1 aliphatic rings. The van der Waals surface area contributed by atoms with Gasteiger partial charge in [-0.15, -0.1) is 0 Å². The monoisotopic (exact) mass is 224 g/mol. The van der Waals surface area contributed by atoms with Gasteiger partial charge in [0.05, 0.1) is 0 Å². The number of hydrogen-bond acceptors (Lipinski definition) is 2. The summed E-state index contributed by atoms with van der Waals surface area (Å²) in [5.41, 5.74) is 6.93. The zero-order valence-corrected chi connectivity index (χ0v) is 9.58. The minimum atomic E-state index is 0.740. The van der Waals surface area contributed by atoms with Crippen molar-refractivity contribution in [2.45, 2.75) is 25.4 Å². The summed E-state index contributed by atoms with van der Waals surface area (Å²) in [6.45, 7) is 2.73. The van der Waals surface area contributed by atoms with Crippen molar-refractivity contribution in [1.82, 2.24) is 4.90 Å². The zero-order chi connectivity index (χ0) is 10.7. The Kier molecular flexibility index (Phi) is 3.62. The number of rotatable bonds is 5. The second-order valence-electron chi connectivity index (χ2n) is 4.12. The maximum absolute atomic E-state index is 5.85. The van der Waals surface area contributed by atoms with E-state index in [4.69, 9.17) is 17.3 Å². The Hall–Kier alpha value is -0.570. The van der Waals surface area contributed by atoms with Gasteiger partial charge in [0.25, 0.3) is 0 Å². The summed E-state index contributed by atoms with van der Waals surface area (Å²) >= 11 is 5.85. The van der Waals surface area contributed by atoms with E-state index in [9.17, 15) is 0 Å². The van der Waals surface area contributed by atoms with E-state index in [1.54, 1.807) is 0 Å². The maximum atomic E-state index is 5.85. The molecule has 0 bridgehead atoms. The molecule has 0 heterocycles. The van der Waals surface area contributed by atoms with Gasteiger partial charge in [0.2, 0.25) is 0 Å². The predicted octanol–water partition coefficient (Wildman–Crippen LogP) is 2.26. The fourth-order valence-electron chi connectivity index (χ4n) is 1.82. The second-order valence-corrected chi connectivity index (χ2v) is 4.55. The van der Waals surface area contributed by atoms with E-state index in [0.717, 1.165) is 30.7 Å². The first-order valence-corrected chi connectivity index (χ1v) is 5.86. The van der Waals surface area contributed by atoms with Crippen LogP contribution in [0.15, 0.2) is 24.3 Å². The van der Waals surface area contributed by atoms with Crippen LogP contribution in [0.1, 0.15) is 18.4 Å². The van der Waals surface area contributed by atoms with Crippen LogP contribution in [0.5, 0.6) is 0 Å². The van der Waals surface area contributed by atoms with Crippen LogP contribution < -0.4 is 5.73 Å². The Morgan fingerprint density at radius 1 is 1.27 bits per heavy atom. The molecule has 15 heavy (non-hydrogen) atoms. The van der Waals surface area contributed by atoms with E-state index in [1.807, 2.05) is 12.1 Å². The van der Waals surface area contributed by atoms with Crippen molar-refractivity contribution in [2.75, 3.05) is 13.1 Å². The Labute approximate surface area is 96.0 Å². The molecule has 1 saturated carbocycles. The minimum Gasteiger partial charge on any atom is -0.329 e. The number of nitrogens with zero attached hydrogens (tertiary/aromatic N) is 1. The molecule has 1 aromatic carbocycles. The highest BCUT2D eigenvalue weighted by molar-refractivity contribution is 6.30. The van der Waals surface area contributed by atoms with E-state index in [-0.39, 0.29) is 0 Å². The summed E-state index contributed by atoms with van der Waals surface area (Å²) < 4.78 is 0. The van der Waals surface area contributed by atoms with Gasteiger partial charge in [0, 0.05) is 30.7 Å². The molecule has 82 valence electrons. The number of hydrogen-bond donors (Lipinski definition) is 1. The van der Waals surface area contributed by atoms with Crippen LogP contribution in [0.4, 0.5) is 0 Å². The molecule has 3 heteroatoms. The van der Waals surface area contributed by atoms with Crippen molar-refractivity contribution in [1.29, 1.82) is 0 Å². The molecule has 1 aromatic rings. The van der Waals surface area contributed by atoms with Crippen molar-refractivity contribution in [3.63, 3.8) is 0 Å². The number of nitrogens with two attached hydrogens (primary N) is 1. The van der Waals surface area contributed by atoms with Crippen LogP contribution in [0, 0.1) is 0 Å². The molecule has 2 N–H and O–H groups in total. The van der Waals surface area contributed by atoms with E-state index in [2.05, 4.69) is 17.0 Å². The molecule has 0 atom stereocenters. The van der Waals surface area contributed by atoms with Gasteiger partial charge in [-0.3, -0.25) is 4.90 Å². The molecule has 0 saturated heterocycles. The van der Waals surface area contributed by atoms with Crippen LogP contribution >= 0.6 is 11.6 Å². The lowest BCUT2D eigenvalue weighted by Gasteiger charge is -2.21. The summed E-state index contributed by atoms with van der Waals surface area (Å²) in [5, 5.41) is 0.801. The highest BCUT2D eigenvalue weighted by atomic mass is 35.5. The molecule has 0 amide bonds. The van der Waals surface area contributed by atoms with Gasteiger partial charge >= 0.3 is 0 Å². The molecule has 2 nitrogen and oxygen atoms in total. The van der Waals surface area contributed by atoms with Gasteiger partial charge in [-0.1, -0.05) is 23.7 Å². The van der Waals surface area contributed by atoms with E-state index in [1.165, 1.54) is 18.4 Å². The average Bonchev–Trinajstić information content (AvgIpc) is 3.04. The first-order chi connectivity index (χ1) is 7.29. The van der Waals surface area contributed by atoms with Gasteiger partial charge in [0.1, 0.15) is 0 Å². The Balaban J connectivity index is 1.95. The number of benzene rings is 1. The quantitative estimate of drug-likeness (QED) is 0.832. The highest BCUT2D eigenvalue weighted by Gasteiger charge is 2.28. The van der Waals surface area contributed by atoms with Gasteiger partial charge in [-0.2, -0.15) is 0 Å². The molecule has 1 aliphatic carbocycles. The van der Waals surface area contributed by atoms with Gasteiger partial charge in [0.15, 0.2) is 0 Å². The summed E-state index contributed by atoms with van der Waals surface area (Å²) in [6, 6.07) is 8.85. The third kappa shape index (κ3) is 3.20. The normalized spacial score (nSPS) is 15.9. The third-order valence-electron chi connectivity index (χ3n) is 2.78. The molecule has 0 unspecified atom stereocenters. The lowest BCUT2D eigenvalue weighted by atomic mass is 10.2. The minimum absolute atomic E-state index is 0.740. The van der Waals surface area contributed by atoms with Crippen molar-refractivity contribution in [3.05, 3.63) is 34.9 Å². The summed E-state index contributed by atoms with van der Waals surface area (Å²) in [7, 11) is 0. The van der Waals surface area contributed by atoms with Crippen LogP contribution in [-0.4, -0.2) is 24.0 Å². The molecule has 2 rings (SSSR count). The lowest BCUT2D eigenvalue weighted by molar-refractivity contribution is 0.262. The van der Waals surface area contributed by atoms with Crippen LogP contribution in [0.3, 0.4) is 0 Å². The van der Waals surface area contributed by atoms with Crippen LogP contribution in [0.2, 0.25) is 5.02 Å². The maximum Gasteiger partial charge on any atom is 0.0406 e. The van der Waals surface area contributed by atoms with Crippen molar-refractivity contribution in [2.24, 2.45) is 5.73 Å². The van der Waals surface area contributed by atoms with Gasteiger partial charge < -0.3 is 5.73 Å². The predicted molar refractivity (Wildman–Crippen MR) is 63.9 cm³/mol. The summed E-state index contributed by atoms with van der Waals surface area (Å²) in [5.74, 6) is 0. The first kappa shape index (κ1) is 10.9. The molecular weight excluding hydrogens is 208 g/mol. The van der Waals surface area contributed by atoms with Crippen molar-refractivity contribution >= 4 is 11.6 Å². The fourth-order valence-corrected chi connectivity index (χ4v) is 1.95. The summed E-state index contributed by atoms with van der Waals surface area (Å²) in [4.78, 5) is 2.46. The molecule has 0 radical (unpaired) electrons. The highest BCUT2D eigenvalue weighted by Crippen LogP contribution is 2.27. The third-order valence-corrected chi connectivity index (χ3v) is 3.03. The van der Waals surface area contributed by atoms with Gasteiger partial charge in [-0.05, 0) is 30.5 Å². The Morgan fingerprint density at radius 2 is 1.93 bits per heavy atom. The van der Waals surface area contributed by atoms with E-state index < -0.39 is 0 Å². The number of halogens is 1. The molecule has 0 aromatic heterocycles.